The first-order chi connectivity index (χ1) is 8.56. The molecule has 0 fully saturated rings. The van der Waals surface area contributed by atoms with E-state index in [1.165, 1.54) is 12.1 Å². The van der Waals surface area contributed by atoms with Crippen molar-refractivity contribution in [3.8, 4) is 0 Å². The highest BCUT2D eigenvalue weighted by molar-refractivity contribution is 5.69. The maximum absolute atomic E-state index is 13.3. The largest absolute Gasteiger partial charge is 0.466 e. The van der Waals surface area contributed by atoms with Crippen molar-refractivity contribution in [1.29, 1.82) is 0 Å². The normalized spacial score (nSPS) is 12.2. The number of carbonyl (C=O) groups excluding carboxylic acids is 1. The second-order valence-electron chi connectivity index (χ2n) is 3.92. The molecule has 1 unspecified atom stereocenters. The maximum atomic E-state index is 13.3. The van der Waals surface area contributed by atoms with Crippen molar-refractivity contribution in [2.24, 2.45) is 0 Å². The van der Waals surface area contributed by atoms with Crippen molar-refractivity contribution >= 4 is 5.97 Å². The zero-order chi connectivity index (χ0) is 13.5. The summed E-state index contributed by atoms with van der Waals surface area (Å²) in [7, 11) is 0. The Morgan fingerprint density at radius 2 is 2.17 bits per heavy atom. The molecule has 0 aliphatic rings. The summed E-state index contributed by atoms with van der Waals surface area (Å²) in [4.78, 5) is 11.2. The fourth-order valence-electron chi connectivity index (χ4n) is 1.48. The molecule has 1 aromatic carbocycles. The molecule has 18 heavy (non-hydrogen) atoms. The quantitative estimate of drug-likeness (QED) is 0.798. The van der Waals surface area contributed by atoms with Crippen molar-refractivity contribution in [1.82, 2.24) is 0 Å². The Hall–Kier alpha value is -1.49. The van der Waals surface area contributed by atoms with Crippen LogP contribution in [0.3, 0.4) is 0 Å². The van der Waals surface area contributed by atoms with Crippen molar-refractivity contribution in [3.63, 3.8) is 0 Å². The third kappa shape index (κ3) is 4.07. The number of rotatable bonds is 6. The number of aliphatic hydroxyl groups excluding tert-OH is 1. The van der Waals surface area contributed by atoms with Crippen LogP contribution in [0.15, 0.2) is 18.2 Å². The zero-order valence-corrected chi connectivity index (χ0v) is 10.2. The van der Waals surface area contributed by atoms with Crippen LogP contribution in [-0.2, 0) is 9.53 Å². The minimum absolute atomic E-state index is 0.00290. The van der Waals surface area contributed by atoms with Gasteiger partial charge in [-0.15, -0.1) is 0 Å². The smallest absolute Gasteiger partial charge is 0.305 e. The van der Waals surface area contributed by atoms with Crippen LogP contribution in [0.5, 0.6) is 0 Å². The summed E-state index contributed by atoms with van der Waals surface area (Å²) in [6, 6.07) is 3.58. The first-order valence-electron chi connectivity index (χ1n) is 5.83. The van der Waals surface area contributed by atoms with Crippen LogP contribution in [0.2, 0.25) is 0 Å². The number of hydrogen-bond donors (Lipinski definition) is 1. The van der Waals surface area contributed by atoms with Gasteiger partial charge in [0.05, 0.1) is 12.7 Å². The molecular weight excluding hydrogens is 242 g/mol. The van der Waals surface area contributed by atoms with Crippen molar-refractivity contribution in [3.05, 3.63) is 35.4 Å². The average Bonchev–Trinajstić information content (AvgIpc) is 2.36. The highest BCUT2D eigenvalue weighted by Gasteiger charge is 2.17. The van der Waals surface area contributed by atoms with Gasteiger partial charge in [0.2, 0.25) is 0 Å². The van der Waals surface area contributed by atoms with E-state index in [2.05, 4.69) is 0 Å². The van der Waals surface area contributed by atoms with Crippen LogP contribution in [-0.4, -0.2) is 17.7 Å². The van der Waals surface area contributed by atoms with Gasteiger partial charge >= 0.3 is 5.97 Å². The van der Waals surface area contributed by atoms with Gasteiger partial charge in [-0.05, 0) is 18.9 Å². The van der Waals surface area contributed by atoms with Crippen LogP contribution < -0.4 is 0 Å². The Morgan fingerprint density at radius 3 is 2.83 bits per heavy atom. The molecule has 0 heterocycles. The molecule has 1 atom stereocenters. The van der Waals surface area contributed by atoms with Gasteiger partial charge in [-0.1, -0.05) is 19.1 Å². The molecule has 1 aromatic rings. The number of ether oxygens (including phenoxy) is 1. The standard InChI is InChI=1S/C13H16F2O3/c1-2-8-18-12(17)7-6-11(16)9-4-3-5-10(14)13(9)15/h3-5,11,16H,2,6-8H2,1H3. The molecule has 0 radical (unpaired) electrons. The molecule has 100 valence electrons. The Morgan fingerprint density at radius 1 is 1.44 bits per heavy atom. The molecule has 0 bridgehead atoms. The number of aliphatic hydroxyl groups is 1. The Kier molecular flexibility index (Phi) is 5.71. The molecule has 0 aromatic heterocycles. The lowest BCUT2D eigenvalue weighted by Gasteiger charge is -2.11. The van der Waals surface area contributed by atoms with Gasteiger partial charge in [-0.2, -0.15) is 0 Å². The maximum Gasteiger partial charge on any atom is 0.305 e. The van der Waals surface area contributed by atoms with E-state index in [0.717, 1.165) is 6.07 Å². The lowest BCUT2D eigenvalue weighted by molar-refractivity contribution is -0.144. The van der Waals surface area contributed by atoms with Gasteiger partial charge < -0.3 is 9.84 Å². The first kappa shape index (κ1) is 14.6. The van der Waals surface area contributed by atoms with Gasteiger partial charge in [0.15, 0.2) is 11.6 Å². The van der Waals surface area contributed by atoms with E-state index in [1.54, 1.807) is 0 Å². The molecule has 0 amide bonds. The molecule has 3 nitrogen and oxygen atoms in total. The second-order valence-corrected chi connectivity index (χ2v) is 3.92. The monoisotopic (exact) mass is 258 g/mol. The average molecular weight is 258 g/mol. The summed E-state index contributed by atoms with van der Waals surface area (Å²) in [6.07, 6.45) is -0.526. The van der Waals surface area contributed by atoms with Crippen molar-refractivity contribution in [2.45, 2.75) is 32.3 Å². The number of esters is 1. The lowest BCUT2D eigenvalue weighted by atomic mass is 10.0. The molecule has 0 spiro atoms. The minimum atomic E-state index is -1.21. The summed E-state index contributed by atoms with van der Waals surface area (Å²) >= 11 is 0. The number of hydrogen-bond acceptors (Lipinski definition) is 3. The SMILES string of the molecule is CCCOC(=O)CCC(O)c1cccc(F)c1F. The van der Waals surface area contributed by atoms with Gasteiger partial charge in [0.25, 0.3) is 0 Å². The predicted octanol–water partition coefficient (Wildman–Crippen LogP) is 2.73. The van der Waals surface area contributed by atoms with E-state index < -0.39 is 23.7 Å². The van der Waals surface area contributed by atoms with Crippen LogP contribution in [0, 0.1) is 11.6 Å². The molecule has 0 aliphatic carbocycles. The van der Waals surface area contributed by atoms with Gasteiger partial charge in [0.1, 0.15) is 0 Å². The highest BCUT2D eigenvalue weighted by atomic mass is 19.2. The van der Waals surface area contributed by atoms with Crippen LogP contribution in [0.4, 0.5) is 8.78 Å². The molecule has 0 saturated carbocycles. The summed E-state index contributed by atoms with van der Waals surface area (Å²) in [5, 5.41) is 9.69. The second kappa shape index (κ2) is 7.06. The summed E-state index contributed by atoms with van der Waals surface area (Å²) in [5.41, 5.74) is -0.140. The number of carbonyl (C=O) groups is 1. The molecule has 5 heteroatoms. The number of benzene rings is 1. The summed E-state index contributed by atoms with van der Waals surface area (Å²) in [5.74, 6) is -2.54. The Bertz CT molecular complexity index is 407. The van der Waals surface area contributed by atoms with Gasteiger partial charge in [0, 0.05) is 12.0 Å². The molecule has 0 aliphatic heterocycles. The van der Waals surface area contributed by atoms with E-state index in [1.807, 2.05) is 6.92 Å². The van der Waals surface area contributed by atoms with Gasteiger partial charge in [-0.25, -0.2) is 8.78 Å². The van der Waals surface area contributed by atoms with E-state index >= 15 is 0 Å². The summed E-state index contributed by atoms with van der Waals surface area (Å²) < 4.78 is 31.1. The fraction of sp³-hybridized carbons (Fsp3) is 0.462. The molecule has 0 saturated heterocycles. The summed E-state index contributed by atoms with van der Waals surface area (Å²) in [6.45, 7) is 2.19. The highest BCUT2D eigenvalue weighted by Crippen LogP contribution is 2.23. The Labute approximate surface area is 104 Å². The van der Waals surface area contributed by atoms with Crippen LogP contribution in [0.1, 0.15) is 37.9 Å². The molecule has 1 N–H and O–H groups in total. The van der Waals surface area contributed by atoms with Crippen molar-refractivity contribution in [2.75, 3.05) is 6.61 Å². The van der Waals surface area contributed by atoms with Gasteiger partial charge in [-0.3, -0.25) is 4.79 Å². The molecule has 1 rings (SSSR count). The lowest BCUT2D eigenvalue weighted by Crippen LogP contribution is -2.09. The van der Waals surface area contributed by atoms with Crippen molar-refractivity contribution < 1.29 is 23.4 Å². The van der Waals surface area contributed by atoms with E-state index in [4.69, 9.17) is 4.74 Å². The predicted molar refractivity (Wildman–Crippen MR) is 61.8 cm³/mol. The van der Waals surface area contributed by atoms with Crippen LogP contribution in [0.25, 0.3) is 0 Å². The third-order valence-electron chi connectivity index (χ3n) is 2.43. The minimum Gasteiger partial charge on any atom is -0.466 e. The first-order valence-corrected chi connectivity index (χ1v) is 5.83. The zero-order valence-electron chi connectivity index (χ0n) is 10.2. The van der Waals surface area contributed by atoms with Crippen LogP contribution >= 0.6 is 0 Å². The van der Waals surface area contributed by atoms with E-state index in [-0.39, 0.29) is 18.4 Å². The molecular formula is C13H16F2O3. The number of halogens is 2. The third-order valence-corrected chi connectivity index (χ3v) is 2.43. The van der Waals surface area contributed by atoms with E-state index in [9.17, 15) is 18.7 Å². The fourth-order valence-corrected chi connectivity index (χ4v) is 1.48. The topological polar surface area (TPSA) is 46.5 Å². The van der Waals surface area contributed by atoms with E-state index in [0.29, 0.717) is 13.0 Å². The Balaban J connectivity index is 2.52.